The fraction of sp³-hybridized carbons (Fsp3) is 0.133. The van der Waals surface area contributed by atoms with E-state index in [1.54, 1.807) is 47.1 Å². The molecule has 0 fully saturated rings. The molecule has 21 heavy (non-hydrogen) atoms. The maximum absolute atomic E-state index is 12.5. The van der Waals surface area contributed by atoms with Crippen molar-refractivity contribution in [2.24, 2.45) is 0 Å². The van der Waals surface area contributed by atoms with E-state index in [0.29, 0.717) is 11.3 Å². The summed E-state index contributed by atoms with van der Waals surface area (Å²) in [5, 5.41) is 0. The van der Waals surface area contributed by atoms with Crippen molar-refractivity contribution in [3.8, 4) is 0 Å². The third kappa shape index (κ3) is 2.50. The van der Waals surface area contributed by atoms with Gasteiger partial charge in [0, 0.05) is 18.6 Å². The van der Waals surface area contributed by atoms with Crippen molar-refractivity contribution in [3.63, 3.8) is 0 Å². The number of hydrogen-bond acceptors (Lipinski definition) is 3. The van der Waals surface area contributed by atoms with Crippen molar-refractivity contribution in [1.29, 1.82) is 0 Å². The zero-order valence-corrected chi connectivity index (χ0v) is 12.6. The van der Waals surface area contributed by atoms with Crippen LogP contribution in [0.25, 0.3) is 5.65 Å². The molecule has 108 valence electrons. The largest absolute Gasteiger partial charge is 0.305 e. The summed E-state index contributed by atoms with van der Waals surface area (Å²) in [4.78, 5) is 4.41. The first-order valence-electron chi connectivity index (χ1n) is 6.49. The van der Waals surface area contributed by atoms with E-state index in [-0.39, 0.29) is 4.90 Å². The zero-order valence-electron chi connectivity index (χ0n) is 11.7. The van der Waals surface area contributed by atoms with Crippen molar-refractivity contribution >= 4 is 21.4 Å². The molecule has 6 heteroatoms. The zero-order chi connectivity index (χ0) is 15.0. The van der Waals surface area contributed by atoms with Crippen LogP contribution in [-0.2, 0) is 10.0 Å². The van der Waals surface area contributed by atoms with Gasteiger partial charge in [-0.05, 0) is 49.2 Å². The number of imidazole rings is 1. The minimum atomic E-state index is -3.63. The molecule has 3 aromatic rings. The lowest BCUT2D eigenvalue weighted by molar-refractivity contribution is 0.601. The highest BCUT2D eigenvalue weighted by Crippen LogP contribution is 2.21. The number of fused-ring (bicyclic) bond motifs is 1. The van der Waals surface area contributed by atoms with Crippen molar-refractivity contribution in [2.45, 2.75) is 18.7 Å². The van der Waals surface area contributed by atoms with Crippen LogP contribution in [0.3, 0.4) is 0 Å². The summed E-state index contributed by atoms with van der Waals surface area (Å²) in [5.74, 6) is 0. The number of nitrogens with one attached hydrogen (secondary N) is 1. The average molecular weight is 301 g/mol. The lowest BCUT2D eigenvalue weighted by Gasteiger charge is -2.10. The standard InChI is InChI=1S/C15H15N3O2S/c1-11-5-6-13(10-12(11)2)21(19,20)17-14-4-3-8-18-9-7-16-15(14)18/h3-10,17H,1-2H3. The molecule has 5 nitrogen and oxygen atoms in total. The minimum Gasteiger partial charge on any atom is -0.305 e. The number of rotatable bonds is 3. The molecule has 0 unspecified atom stereocenters. The normalized spacial score (nSPS) is 11.7. The Morgan fingerprint density at radius 3 is 2.67 bits per heavy atom. The summed E-state index contributed by atoms with van der Waals surface area (Å²) in [7, 11) is -3.63. The van der Waals surface area contributed by atoms with E-state index in [1.165, 1.54) is 0 Å². The van der Waals surface area contributed by atoms with Crippen molar-refractivity contribution in [3.05, 3.63) is 60.0 Å². The highest BCUT2D eigenvalue weighted by molar-refractivity contribution is 7.92. The first-order valence-corrected chi connectivity index (χ1v) is 7.97. The van der Waals surface area contributed by atoms with Gasteiger partial charge in [-0.15, -0.1) is 0 Å². The highest BCUT2D eigenvalue weighted by Gasteiger charge is 2.16. The molecule has 1 aromatic carbocycles. The van der Waals surface area contributed by atoms with Gasteiger partial charge in [-0.3, -0.25) is 4.72 Å². The van der Waals surface area contributed by atoms with E-state index < -0.39 is 10.0 Å². The monoisotopic (exact) mass is 301 g/mol. The Morgan fingerprint density at radius 1 is 1.10 bits per heavy atom. The van der Waals surface area contributed by atoms with E-state index in [4.69, 9.17) is 0 Å². The predicted octanol–water partition coefficient (Wildman–Crippen LogP) is 2.75. The molecule has 0 aliphatic heterocycles. The van der Waals surface area contributed by atoms with Gasteiger partial charge in [0.1, 0.15) is 0 Å². The Balaban J connectivity index is 2.03. The van der Waals surface area contributed by atoms with Crippen molar-refractivity contribution < 1.29 is 8.42 Å². The second-order valence-corrected chi connectivity index (χ2v) is 6.61. The predicted molar refractivity (Wildman–Crippen MR) is 81.9 cm³/mol. The molecular weight excluding hydrogens is 286 g/mol. The Kier molecular flexibility index (Phi) is 3.17. The first-order chi connectivity index (χ1) is 9.97. The third-order valence-electron chi connectivity index (χ3n) is 3.45. The van der Waals surface area contributed by atoms with E-state index in [0.717, 1.165) is 11.1 Å². The fourth-order valence-electron chi connectivity index (χ4n) is 2.11. The van der Waals surface area contributed by atoms with Crippen LogP contribution < -0.4 is 4.72 Å². The molecule has 0 spiro atoms. The van der Waals surface area contributed by atoms with Gasteiger partial charge in [0.2, 0.25) is 0 Å². The van der Waals surface area contributed by atoms with Crippen LogP contribution >= 0.6 is 0 Å². The van der Waals surface area contributed by atoms with Crippen LogP contribution in [0.5, 0.6) is 0 Å². The van der Waals surface area contributed by atoms with E-state index >= 15 is 0 Å². The van der Waals surface area contributed by atoms with Gasteiger partial charge in [-0.1, -0.05) is 6.07 Å². The molecule has 2 aromatic heterocycles. The van der Waals surface area contributed by atoms with Gasteiger partial charge in [0.25, 0.3) is 10.0 Å². The highest BCUT2D eigenvalue weighted by atomic mass is 32.2. The van der Waals surface area contributed by atoms with Gasteiger partial charge < -0.3 is 4.40 Å². The van der Waals surface area contributed by atoms with Crippen LogP contribution in [-0.4, -0.2) is 17.8 Å². The van der Waals surface area contributed by atoms with Gasteiger partial charge in [0.15, 0.2) is 5.65 Å². The van der Waals surface area contributed by atoms with Crippen LogP contribution in [0.4, 0.5) is 5.69 Å². The summed E-state index contributed by atoms with van der Waals surface area (Å²) >= 11 is 0. The second-order valence-electron chi connectivity index (χ2n) is 4.93. The summed E-state index contributed by atoms with van der Waals surface area (Å²) < 4.78 is 29.3. The Hall–Kier alpha value is -2.34. The third-order valence-corrected chi connectivity index (χ3v) is 4.82. The Morgan fingerprint density at radius 2 is 1.90 bits per heavy atom. The van der Waals surface area contributed by atoms with Crippen LogP contribution in [0.1, 0.15) is 11.1 Å². The average Bonchev–Trinajstić information content (AvgIpc) is 2.91. The second kappa shape index (κ2) is 4.89. The smallest absolute Gasteiger partial charge is 0.262 e. The molecule has 0 saturated carbocycles. The summed E-state index contributed by atoms with van der Waals surface area (Å²) in [6.45, 7) is 3.84. The maximum atomic E-state index is 12.5. The van der Waals surface area contributed by atoms with Crippen molar-refractivity contribution in [2.75, 3.05) is 4.72 Å². The summed E-state index contributed by atoms with van der Waals surface area (Å²) in [5.41, 5.74) is 3.03. The van der Waals surface area contributed by atoms with Crippen molar-refractivity contribution in [1.82, 2.24) is 9.38 Å². The molecule has 0 atom stereocenters. The Labute approximate surface area is 123 Å². The molecule has 0 amide bonds. The number of benzene rings is 1. The SMILES string of the molecule is Cc1ccc(S(=O)(=O)Nc2cccn3ccnc23)cc1C. The van der Waals surface area contributed by atoms with E-state index in [2.05, 4.69) is 9.71 Å². The first kappa shape index (κ1) is 13.6. The fourth-order valence-corrected chi connectivity index (χ4v) is 3.26. The quantitative estimate of drug-likeness (QED) is 0.809. The van der Waals surface area contributed by atoms with Crippen LogP contribution in [0, 0.1) is 13.8 Å². The number of nitrogens with zero attached hydrogens (tertiary/aromatic N) is 2. The van der Waals surface area contributed by atoms with E-state index in [1.807, 2.05) is 20.0 Å². The maximum Gasteiger partial charge on any atom is 0.262 e. The molecule has 0 bridgehead atoms. The minimum absolute atomic E-state index is 0.249. The van der Waals surface area contributed by atoms with E-state index in [9.17, 15) is 8.42 Å². The molecule has 1 N–H and O–H groups in total. The number of aryl methyl sites for hydroxylation is 2. The number of anilines is 1. The van der Waals surface area contributed by atoms with Gasteiger partial charge in [-0.2, -0.15) is 0 Å². The Bertz CT molecular complexity index is 914. The molecule has 0 aliphatic rings. The molecule has 3 rings (SSSR count). The summed E-state index contributed by atoms with van der Waals surface area (Å²) in [6.07, 6.45) is 5.21. The molecule has 2 heterocycles. The number of sulfonamides is 1. The molecular formula is C15H15N3O2S. The lowest BCUT2D eigenvalue weighted by Crippen LogP contribution is -2.14. The number of pyridine rings is 1. The number of hydrogen-bond donors (Lipinski definition) is 1. The van der Waals surface area contributed by atoms with Crippen LogP contribution in [0.2, 0.25) is 0 Å². The molecule has 0 aliphatic carbocycles. The summed E-state index contributed by atoms with van der Waals surface area (Å²) in [6, 6.07) is 8.55. The number of aromatic nitrogens is 2. The van der Waals surface area contributed by atoms with Gasteiger partial charge >= 0.3 is 0 Å². The molecule has 0 saturated heterocycles. The lowest BCUT2D eigenvalue weighted by atomic mass is 10.1. The topological polar surface area (TPSA) is 63.5 Å². The van der Waals surface area contributed by atoms with Gasteiger partial charge in [-0.25, -0.2) is 13.4 Å². The van der Waals surface area contributed by atoms with Crippen LogP contribution in [0.15, 0.2) is 53.8 Å². The molecule has 0 radical (unpaired) electrons. The van der Waals surface area contributed by atoms with Gasteiger partial charge in [0.05, 0.1) is 10.6 Å².